The number of hydrogen-bond acceptors (Lipinski definition) is 4. The van der Waals surface area contributed by atoms with Crippen molar-refractivity contribution in [1.29, 1.82) is 0 Å². The van der Waals surface area contributed by atoms with E-state index in [-0.39, 0.29) is 17.9 Å². The third-order valence-electron chi connectivity index (χ3n) is 3.84. The molecule has 0 aliphatic carbocycles. The summed E-state index contributed by atoms with van der Waals surface area (Å²) in [6, 6.07) is 5.32. The molecule has 8 heteroatoms. The van der Waals surface area contributed by atoms with Gasteiger partial charge in [0.15, 0.2) is 11.4 Å². The zero-order valence-electron chi connectivity index (χ0n) is 14.5. The van der Waals surface area contributed by atoms with Crippen LogP contribution < -0.4 is 10.2 Å². The van der Waals surface area contributed by atoms with Crippen LogP contribution in [0.5, 0.6) is 5.75 Å². The number of carbonyl (C=O) groups excluding carboxylic acids is 1. The highest BCUT2D eigenvalue weighted by atomic mass is 19.1. The van der Waals surface area contributed by atoms with Crippen LogP contribution in [0.4, 0.5) is 8.78 Å². The van der Waals surface area contributed by atoms with Crippen LogP contribution in [0.3, 0.4) is 0 Å². The molecule has 3 aromatic rings. The Labute approximate surface area is 148 Å². The molecule has 0 unspecified atom stereocenters. The molecule has 0 bridgehead atoms. The summed E-state index contributed by atoms with van der Waals surface area (Å²) in [5.74, 6) is -1.52. The number of imidazole rings is 1. The second-order valence-electron chi connectivity index (χ2n) is 5.75. The Bertz CT molecular complexity index is 965. The van der Waals surface area contributed by atoms with Gasteiger partial charge in [0.1, 0.15) is 23.9 Å². The first-order valence-electron chi connectivity index (χ1n) is 7.80. The molecule has 6 nitrogen and oxygen atoms in total. The molecule has 3 rings (SSSR count). The zero-order valence-corrected chi connectivity index (χ0v) is 14.5. The Balaban J connectivity index is 2.01. The van der Waals surface area contributed by atoms with Gasteiger partial charge in [0.25, 0.3) is 5.91 Å². The third-order valence-corrected chi connectivity index (χ3v) is 3.84. The number of fused-ring (bicyclic) bond motifs is 1. The number of aromatic nitrogens is 2. The van der Waals surface area contributed by atoms with E-state index in [0.717, 1.165) is 5.56 Å². The molecular weight excluding hydrogens is 344 g/mol. The second kappa shape index (κ2) is 7.09. The summed E-state index contributed by atoms with van der Waals surface area (Å²) in [6.45, 7) is 3.18. The van der Waals surface area contributed by atoms with Gasteiger partial charge in [-0.2, -0.15) is 0 Å². The highest BCUT2D eigenvalue weighted by Crippen LogP contribution is 2.25. The number of halogens is 2. The minimum absolute atomic E-state index is 0.173. The minimum atomic E-state index is -0.687. The first-order chi connectivity index (χ1) is 12.4. The van der Waals surface area contributed by atoms with Gasteiger partial charge in [0.05, 0.1) is 18.4 Å². The van der Waals surface area contributed by atoms with E-state index in [4.69, 9.17) is 4.74 Å². The van der Waals surface area contributed by atoms with E-state index >= 15 is 0 Å². The Morgan fingerprint density at radius 2 is 1.96 bits per heavy atom. The molecule has 0 atom stereocenters. The summed E-state index contributed by atoms with van der Waals surface area (Å²) in [6.07, 6.45) is 1.72. The van der Waals surface area contributed by atoms with Crippen molar-refractivity contribution in [2.45, 2.75) is 20.5 Å². The molecule has 1 amide bonds. The number of aryl methyl sites for hydroxylation is 2. The SMILES string of the molecule is CONC(=O)c1c(C)nc2c(OCc3c(F)cccc3F)cc(C)cn12. The molecule has 0 spiro atoms. The van der Waals surface area contributed by atoms with Crippen molar-refractivity contribution in [3.05, 3.63) is 64.6 Å². The van der Waals surface area contributed by atoms with Gasteiger partial charge in [-0.15, -0.1) is 0 Å². The summed E-state index contributed by atoms with van der Waals surface area (Å²) >= 11 is 0. The molecule has 0 saturated heterocycles. The Hall–Kier alpha value is -3.00. The number of pyridine rings is 1. The predicted molar refractivity (Wildman–Crippen MR) is 89.8 cm³/mol. The van der Waals surface area contributed by atoms with Crippen LogP contribution >= 0.6 is 0 Å². The maximum absolute atomic E-state index is 13.8. The van der Waals surface area contributed by atoms with Crippen LogP contribution in [0.2, 0.25) is 0 Å². The van der Waals surface area contributed by atoms with Crippen molar-refractivity contribution in [2.75, 3.05) is 7.11 Å². The number of benzene rings is 1. The molecule has 0 radical (unpaired) electrons. The summed E-state index contributed by atoms with van der Waals surface area (Å²) in [5.41, 5.74) is 3.98. The highest BCUT2D eigenvalue weighted by molar-refractivity contribution is 5.94. The quantitative estimate of drug-likeness (QED) is 0.710. The normalized spacial score (nSPS) is 11.0. The standard InChI is InChI=1S/C18H17F2N3O3/c1-10-7-15(26-9-12-13(19)5-4-6-14(12)20)17-21-11(2)16(23(17)8-10)18(24)22-25-3/h4-8H,9H2,1-3H3,(H,22,24). The van der Waals surface area contributed by atoms with Crippen LogP contribution in [0.25, 0.3) is 5.65 Å². The fraction of sp³-hybridized carbons (Fsp3) is 0.222. The monoisotopic (exact) mass is 361 g/mol. The lowest BCUT2D eigenvalue weighted by Gasteiger charge is -2.11. The lowest BCUT2D eigenvalue weighted by Crippen LogP contribution is -2.24. The molecule has 1 aromatic carbocycles. The van der Waals surface area contributed by atoms with Gasteiger partial charge < -0.3 is 4.74 Å². The molecule has 2 aromatic heterocycles. The average Bonchev–Trinajstić information content (AvgIpc) is 2.90. The van der Waals surface area contributed by atoms with Gasteiger partial charge in [-0.3, -0.25) is 14.0 Å². The van der Waals surface area contributed by atoms with E-state index < -0.39 is 17.5 Å². The van der Waals surface area contributed by atoms with E-state index in [9.17, 15) is 13.6 Å². The van der Waals surface area contributed by atoms with E-state index in [1.807, 2.05) is 6.92 Å². The Kier molecular flexibility index (Phi) is 4.85. The molecule has 2 heterocycles. The number of ether oxygens (including phenoxy) is 1. The van der Waals surface area contributed by atoms with Gasteiger partial charge in [0.2, 0.25) is 0 Å². The van der Waals surface area contributed by atoms with Crippen molar-refractivity contribution >= 4 is 11.6 Å². The first kappa shape index (κ1) is 17.8. The Morgan fingerprint density at radius 3 is 2.62 bits per heavy atom. The predicted octanol–water partition coefficient (Wildman–Crippen LogP) is 3.10. The van der Waals surface area contributed by atoms with Crippen LogP contribution in [-0.4, -0.2) is 22.4 Å². The van der Waals surface area contributed by atoms with Crippen LogP contribution in [0.15, 0.2) is 30.5 Å². The smallest absolute Gasteiger partial charge is 0.293 e. The molecular formula is C18H17F2N3O3. The van der Waals surface area contributed by atoms with E-state index in [0.29, 0.717) is 17.1 Å². The largest absolute Gasteiger partial charge is 0.485 e. The Morgan fingerprint density at radius 1 is 1.27 bits per heavy atom. The van der Waals surface area contributed by atoms with Gasteiger partial charge in [-0.1, -0.05) is 6.07 Å². The summed E-state index contributed by atoms with van der Waals surface area (Å²) < 4.78 is 34.8. The number of carbonyl (C=O) groups is 1. The van der Waals surface area contributed by atoms with Gasteiger partial charge in [-0.05, 0) is 37.6 Å². The van der Waals surface area contributed by atoms with Crippen LogP contribution in [0.1, 0.15) is 27.3 Å². The summed E-state index contributed by atoms with van der Waals surface area (Å²) in [4.78, 5) is 21.2. The number of nitrogens with one attached hydrogen (secondary N) is 1. The summed E-state index contributed by atoms with van der Waals surface area (Å²) in [5, 5.41) is 0. The average molecular weight is 361 g/mol. The molecule has 0 fully saturated rings. The maximum atomic E-state index is 13.8. The van der Waals surface area contributed by atoms with Crippen molar-refractivity contribution in [3.63, 3.8) is 0 Å². The lowest BCUT2D eigenvalue weighted by atomic mass is 10.2. The van der Waals surface area contributed by atoms with Crippen molar-refractivity contribution in [3.8, 4) is 5.75 Å². The molecule has 0 aliphatic heterocycles. The third kappa shape index (κ3) is 3.23. The van der Waals surface area contributed by atoms with Crippen molar-refractivity contribution in [1.82, 2.24) is 14.9 Å². The number of rotatable bonds is 5. The molecule has 26 heavy (non-hydrogen) atoms. The number of hydroxylamine groups is 1. The highest BCUT2D eigenvalue weighted by Gasteiger charge is 2.20. The number of nitrogens with zero attached hydrogens (tertiary/aromatic N) is 2. The van der Waals surface area contributed by atoms with Gasteiger partial charge in [-0.25, -0.2) is 19.2 Å². The topological polar surface area (TPSA) is 64.9 Å². The molecule has 0 aliphatic rings. The molecule has 1 N–H and O–H groups in total. The fourth-order valence-corrected chi connectivity index (χ4v) is 2.70. The van der Waals surface area contributed by atoms with Crippen LogP contribution in [0, 0.1) is 25.5 Å². The van der Waals surface area contributed by atoms with E-state index in [2.05, 4.69) is 15.3 Å². The van der Waals surface area contributed by atoms with Gasteiger partial charge >= 0.3 is 0 Å². The van der Waals surface area contributed by atoms with Crippen LogP contribution in [-0.2, 0) is 11.4 Å². The molecule has 0 saturated carbocycles. The first-order valence-corrected chi connectivity index (χ1v) is 7.80. The number of amides is 1. The van der Waals surface area contributed by atoms with Crippen molar-refractivity contribution < 1.29 is 23.1 Å². The van der Waals surface area contributed by atoms with Crippen molar-refractivity contribution in [2.24, 2.45) is 0 Å². The second-order valence-corrected chi connectivity index (χ2v) is 5.75. The molecule has 136 valence electrons. The van der Waals surface area contributed by atoms with E-state index in [1.165, 1.54) is 25.3 Å². The lowest BCUT2D eigenvalue weighted by molar-refractivity contribution is 0.0530. The summed E-state index contributed by atoms with van der Waals surface area (Å²) in [7, 11) is 1.33. The maximum Gasteiger partial charge on any atom is 0.293 e. The minimum Gasteiger partial charge on any atom is -0.485 e. The van der Waals surface area contributed by atoms with Gasteiger partial charge in [0, 0.05) is 6.20 Å². The fourth-order valence-electron chi connectivity index (χ4n) is 2.70. The zero-order chi connectivity index (χ0) is 18.8. The number of hydrogen-bond donors (Lipinski definition) is 1. The van der Waals surface area contributed by atoms with E-state index in [1.54, 1.807) is 23.6 Å².